The van der Waals surface area contributed by atoms with E-state index in [9.17, 15) is 0 Å². The van der Waals surface area contributed by atoms with Crippen LogP contribution in [0.1, 0.15) is 18.9 Å². The van der Waals surface area contributed by atoms with Gasteiger partial charge in [0, 0.05) is 0 Å². The molecule has 0 aliphatic heterocycles. The average Bonchev–Trinajstić information content (AvgIpc) is 2.20. The highest BCUT2D eigenvalue weighted by Gasteiger charge is 1.96. The number of hydrogen-bond acceptors (Lipinski definition) is 2. The minimum atomic E-state index is 0.736. The summed E-state index contributed by atoms with van der Waals surface area (Å²) in [6.07, 6.45) is 2.35. The van der Waals surface area contributed by atoms with E-state index in [1.165, 1.54) is 12.0 Å². The minimum absolute atomic E-state index is 0.736. The van der Waals surface area contributed by atoms with Gasteiger partial charge in [0.05, 0.1) is 6.61 Å². The molecular weight excluding hydrogens is 186 g/mol. The average molecular weight is 207 g/mol. The lowest BCUT2D eigenvalue weighted by Crippen LogP contribution is -2.13. The first-order valence-corrected chi connectivity index (χ1v) is 5.59. The molecule has 2 nitrogen and oxygen atoms in total. The van der Waals surface area contributed by atoms with Gasteiger partial charge in [-0.1, -0.05) is 12.1 Å². The second-order valence-electron chi connectivity index (χ2n) is 3.98. The highest BCUT2D eigenvalue weighted by Crippen LogP contribution is 2.13. The van der Waals surface area contributed by atoms with E-state index in [4.69, 9.17) is 4.74 Å². The Balaban J connectivity index is 2.36. The summed E-state index contributed by atoms with van der Waals surface area (Å²) >= 11 is 0. The van der Waals surface area contributed by atoms with Crippen LogP contribution in [0.5, 0.6) is 5.75 Å². The molecule has 2 heteroatoms. The fourth-order valence-corrected chi connectivity index (χ4v) is 1.52. The third-order valence-electron chi connectivity index (χ3n) is 2.31. The number of aryl methyl sites for hydroxylation is 1. The number of hydrogen-bond donors (Lipinski definition) is 0. The molecule has 0 bridgehead atoms. The Morgan fingerprint density at radius 2 is 1.80 bits per heavy atom. The second kappa shape index (κ2) is 6.46. The van der Waals surface area contributed by atoms with E-state index in [-0.39, 0.29) is 0 Å². The summed E-state index contributed by atoms with van der Waals surface area (Å²) in [7, 11) is 4.22. The second-order valence-corrected chi connectivity index (χ2v) is 3.98. The van der Waals surface area contributed by atoms with Gasteiger partial charge in [0.15, 0.2) is 0 Å². The lowest BCUT2D eigenvalue weighted by molar-refractivity contribution is 0.340. The Labute approximate surface area is 92.9 Å². The largest absolute Gasteiger partial charge is 0.494 e. The van der Waals surface area contributed by atoms with E-state index >= 15 is 0 Å². The topological polar surface area (TPSA) is 12.5 Å². The molecule has 0 fully saturated rings. The molecule has 0 aliphatic carbocycles. The van der Waals surface area contributed by atoms with Crippen LogP contribution in [-0.2, 0) is 6.42 Å². The van der Waals surface area contributed by atoms with Crippen molar-refractivity contribution in [1.82, 2.24) is 4.90 Å². The van der Waals surface area contributed by atoms with Crippen molar-refractivity contribution in [3.05, 3.63) is 29.8 Å². The first-order chi connectivity index (χ1) is 7.22. The quantitative estimate of drug-likeness (QED) is 0.711. The third kappa shape index (κ3) is 4.84. The summed E-state index contributed by atoms with van der Waals surface area (Å²) in [6, 6.07) is 8.41. The van der Waals surface area contributed by atoms with Crippen LogP contribution < -0.4 is 4.74 Å². The Bertz CT molecular complexity index is 266. The van der Waals surface area contributed by atoms with Crippen LogP contribution in [0.2, 0.25) is 0 Å². The number of benzene rings is 1. The molecule has 84 valence electrons. The zero-order valence-corrected chi connectivity index (χ0v) is 9.99. The Hall–Kier alpha value is -1.02. The summed E-state index contributed by atoms with van der Waals surface area (Å²) < 4.78 is 5.40. The summed E-state index contributed by atoms with van der Waals surface area (Å²) in [4.78, 5) is 2.22. The summed E-state index contributed by atoms with van der Waals surface area (Å²) in [5.74, 6) is 0.967. The molecule has 1 aromatic carbocycles. The van der Waals surface area contributed by atoms with Crippen molar-refractivity contribution >= 4 is 0 Å². The summed E-state index contributed by atoms with van der Waals surface area (Å²) in [5, 5.41) is 0. The molecule has 0 spiro atoms. The van der Waals surface area contributed by atoms with Gasteiger partial charge in [0.1, 0.15) is 5.75 Å². The van der Waals surface area contributed by atoms with Gasteiger partial charge >= 0.3 is 0 Å². The Kier molecular flexibility index (Phi) is 5.19. The molecule has 0 N–H and O–H groups in total. The van der Waals surface area contributed by atoms with Crippen LogP contribution in [0, 0.1) is 0 Å². The molecule has 0 saturated heterocycles. The van der Waals surface area contributed by atoms with E-state index in [2.05, 4.69) is 43.3 Å². The standard InChI is InChI=1S/C13H21NO/c1-4-15-13-9-7-12(8-10-13)6-5-11-14(2)3/h7-10H,4-6,11H2,1-3H3. The Morgan fingerprint density at radius 1 is 1.13 bits per heavy atom. The molecule has 0 aliphatic rings. The number of ether oxygens (including phenoxy) is 1. The van der Waals surface area contributed by atoms with Crippen LogP contribution in [0.3, 0.4) is 0 Å². The predicted octanol–water partition coefficient (Wildman–Crippen LogP) is 2.58. The maximum atomic E-state index is 5.40. The van der Waals surface area contributed by atoms with Gasteiger partial charge in [-0.3, -0.25) is 0 Å². The zero-order valence-electron chi connectivity index (χ0n) is 9.99. The highest BCUT2D eigenvalue weighted by molar-refractivity contribution is 5.27. The monoisotopic (exact) mass is 207 g/mol. The molecule has 0 radical (unpaired) electrons. The maximum absolute atomic E-state index is 5.40. The predicted molar refractivity (Wildman–Crippen MR) is 64.5 cm³/mol. The molecule has 0 aromatic heterocycles. The fraction of sp³-hybridized carbons (Fsp3) is 0.538. The van der Waals surface area contributed by atoms with Crippen LogP contribution >= 0.6 is 0 Å². The minimum Gasteiger partial charge on any atom is -0.494 e. The molecule has 0 heterocycles. The van der Waals surface area contributed by atoms with Gasteiger partial charge in [-0.25, -0.2) is 0 Å². The van der Waals surface area contributed by atoms with Gasteiger partial charge in [0.2, 0.25) is 0 Å². The molecule has 1 rings (SSSR count). The first kappa shape index (κ1) is 12.1. The van der Waals surface area contributed by atoms with Gasteiger partial charge in [-0.15, -0.1) is 0 Å². The summed E-state index contributed by atoms with van der Waals surface area (Å²) in [6.45, 7) is 3.89. The lowest BCUT2D eigenvalue weighted by atomic mass is 10.1. The SMILES string of the molecule is CCOc1ccc(CCCN(C)C)cc1. The van der Waals surface area contributed by atoms with Crippen LogP contribution in [0.4, 0.5) is 0 Å². The fourth-order valence-electron chi connectivity index (χ4n) is 1.52. The van der Waals surface area contributed by atoms with Crippen LogP contribution in [0.25, 0.3) is 0 Å². The molecule has 1 aromatic rings. The van der Waals surface area contributed by atoms with E-state index in [0.717, 1.165) is 25.3 Å². The molecule has 0 atom stereocenters. The third-order valence-corrected chi connectivity index (χ3v) is 2.31. The molecule has 0 unspecified atom stereocenters. The van der Waals surface area contributed by atoms with Gasteiger partial charge in [-0.05, 0) is 58.1 Å². The van der Waals surface area contributed by atoms with E-state index in [0.29, 0.717) is 0 Å². The van der Waals surface area contributed by atoms with Gasteiger partial charge in [0.25, 0.3) is 0 Å². The molecule has 15 heavy (non-hydrogen) atoms. The highest BCUT2D eigenvalue weighted by atomic mass is 16.5. The number of nitrogens with zero attached hydrogens (tertiary/aromatic N) is 1. The molecule has 0 amide bonds. The van der Waals surface area contributed by atoms with Crippen molar-refractivity contribution in [3.63, 3.8) is 0 Å². The van der Waals surface area contributed by atoms with Gasteiger partial charge < -0.3 is 9.64 Å². The van der Waals surface area contributed by atoms with Crippen LogP contribution in [-0.4, -0.2) is 32.1 Å². The van der Waals surface area contributed by atoms with Crippen molar-refractivity contribution in [2.24, 2.45) is 0 Å². The van der Waals surface area contributed by atoms with Crippen molar-refractivity contribution in [2.75, 3.05) is 27.2 Å². The van der Waals surface area contributed by atoms with Crippen molar-refractivity contribution in [1.29, 1.82) is 0 Å². The molecule has 0 saturated carbocycles. The van der Waals surface area contributed by atoms with Crippen molar-refractivity contribution in [3.8, 4) is 5.75 Å². The van der Waals surface area contributed by atoms with Crippen molar-refractivity contribution in [2.45, 2.75) is 19.8 Å². The first-order valence-electron chi connectivity index (χ1n) is 5.59. The number of rotatable bonds is 6. The lowest BCUT2D eigenvalue weighted by Gasteiger charge is -2.09. The van der Waals surface area contributed by atoms with E-state index in [1.807, 2.05) is 6.92 Å². The van der Waals surface area contributed by atoms with Gasteiger partial charge in [-0.2, -0.15) is 0 Å². The van der Waals surface area contributed by atoms with E-state index < -0.39 is 0 Å². The Morgan fingerprint density at radius 3 is 2.33 bits per heavy atom. The molecular formula is C13H21NO. The van der Waals surface area contributed by atoms with Crippen molar-refractivity contribution < 1.29 is 4.74 Å². The maximum Gasteiger partial charge on any atom is 0.119 e. The van der Waals surface area contributed by atoms with E-state index in [1.54, 1.807) is 0 Å². The zero-order chi connectivity index (χ0) is 11.1. The smallest absolute Gasteiger partial charge is 0.119 e. The normalized spacial score (nSPS) is 10.7. The van der Waals surface area contributed by atoms with Crippen LogP contribution in [0.15, 0.2) is 24.3 Å². The summed E-state index contributed by atoms with van der Waals surface area (Å²) in [5.41, 5.74) is 1.39.